The van der Waals surface area contributed by atoms with Gasteiger partial charge in [0.25, 0.3) is 0 Å². The van der Waals surface area contributed by atoms with Crippen LogP contribution in [0.4, 0.5) is 0 Å². The minimum Gasteiger partial charge on any atom is -0.494 e. The highest BCUT2D eigenvalue weighted by atomic mass is 16.5. The van der Waals surface area contributed by atoms with Crippen LogP contribution in [0.2, 0.25) is 0 Å². The van der Waals surface area contributed by atoms with Crippen molar-refractivity contribution in [2.24, 2.45) is 11.8 Å². The van der Waals surface area contributed by atoms with Crippen LogP contribution < -0.4 is 10.1 Å². The normalized spacial score (nSPS) is 21.6. The van der Waals surface area contributed by atoms with Gasteiger partial charge in [0, 0.05) is 18.7 Å². The van der Waals surface area contributed by atoms with Crippen LogP contribution in [0.5, 0.6) is 5.75 Å². The first-order valence-corrected chi connectivity index (χ1v) is 9.14. The molecule has 1 aromatic carbocycles. The lowest BCUT2D eigenvalue weighted by Gasteiger charge is -2.34. The molecule has 138 valence electrons. The van der Waals surface area contributed by atoms with Gasteiger partial charge in [0.2, 0.25) is 0 Å². The van der Waals surface area contributed by atoms with E-state index in [1.165, 1.54) is 0 Å². The zero-order valence-electron chi connectivity index (χ0n) is 16.0. The Morgan fingerprint density at radius 2 is 1.92 bits per heavy atom. The summed E-state index contributed by atoms with van der Waals surface area (Å²) in [6, 6.07) is 5.58. The fourth-order valence-corrected chi connectivity index (χ4v) is 3.60. The average Bonchev–Trinajstić information content (AvgIpc) is 2.54. The van der Waals surface area contributed by atoms with E-state index >= 15 is 0 Å². The Hall–Kier alpha value is -2.04. The van der Waals surface area contributed by atoms with Crippen molar-refractivity contribution >= 4 is 11.8 Å². The van der Waals surface area contributed by atoms with Gasteiger partial charge in [0.1, 0.15) is 5.75 Å². The Morgan fingerprint density at radius 1 is 1.28 bits per heavy atom. The molecule has 1 N–H and O–H groups in total. The second-order valence-corrected chi connectivity index (χ2v) is 7.33. The molecule has 1 saturated heterocycles. The van der Waals surface area contributed by atoms with E-state index in [9.17, 15) is 9.59 Å². The summed E-state index contributed by atoms with van der Waals surface area (Å²) in [4.78, 5) is 26.6. The number of ether oxygens (including phenoxy) is 1. The van der Waals surface area contributed by atoms with E-state index in [0.29, 0.717) is 31.5 Å². The molecule has 5 nitrogen and oxygen atoms in total. The molecular weight excluding hydrogens is 316 g/mol. The summed E-state index contributed by atoms with van der Waals surface area (Å²) >= 11 is 0. The first kappa shape index (κ1) is 19.3. The third-order valence-corrected chi connectivity index (χ3v) is 4.63. The van der Waals surface area contributed by atoms with E-state index in [1.54, 1.807) is 4.90 Å². The maximum Gasteiger partial charge on any atom is 0.311 e. The van der Waals surface area contributed by atoms with E-state index in [-0.39, 0.29) is 6.04 Å². The number of amides is 2. The molecule has 0 saturated carbocycles. The predicted molar refractivity (Wildman–Crippen MR) is 98.4 cm³/mol. The van der Waals surface area contributed by atoms with Gasteiger partial charge in [-0.2, -0.15) is 0 Å². The highest BCUT2D eigenvalue weighted by molar-refractivity contribution is 6.35. The van der Waals surface area contributed by atoms with E-state index in [4.69, 9.17) is 4.74 Å². The van der Waals surface area contributed by atoms with Gasteiger partial charge < -0.3 is 15.0 Å². The van der Waals surface area contributed by atoms with Crippen molar-refractivity contribution in [3.63, 3.8) is 0 Å². The summed E-state index contributed by atoms with van der Waals surface area (Å²) in [5.41, 5.74) is 1.98. The Bertz CT molecular complexity index is 619. The number of carbonyl (C=O) groups excluding carboxylic acids is 2. The largest absolute Gasteiger partial charge is 0.494 e. The number of carbonyl (C=O) groups is 2. The van der Waals surface area contributed by atoms with Crippen molar-refractivity contribution in [1.29, 1.82) is 0 Å². The maximum atomic E-state index is 12.5. The Labute approximate surface area is 150 Å². The molecule has 1 aliphatic heterocycles. The van der Waals surface area contributed by atoms with E-state index in [0.717, 1.165) is 23.3 Å². The number of nitrogens with one attached hydrogen (secondary N) is 1. The topological polar surface area (TPSA) is 58.6 Å². The lowest BCUT2D eigenvalue weighted by molar-refractivity contribution is -0.147. The third-order valence-electron chi connectivity index (χ3n) is 4.63. The van der Waals surface area contributed by atoms with Crippen molar-refractivity contribution in [3.05, 3.63) is 29.3 Å². The molecule has 1 fully saturated rings. The minimum atomic E-state index is -0.544. The van der Waals surface area contributed by atoms with Crippen molar-refractivity contribution in [1.82, 2.24) is 10.2 Å². The molecule has 1 aliphatic rings. The number of piperidine rings is 1. The Balaban J connectivity index is 2.07. The highest BCUT2D eigenvalue weighted by Gasteiger charge is 2.30. The van der Waals surface area contributed by atoms with Gasteiger partial charge in [-0.3, -0.25) is 9.59 Å². The molecule has 3 unspecified atom stereocenters. The molecule has 3 atom stereocenters. The predicted octanol–water partition coefficient (Wildman–Crippen LogP) is 3.08. The average molecular weight is 346 g/mol. The number of aryl methyl sites for hydroxylation is 1. The van der Waals surface area contributed by atoms with Crippen LogP contribution in [0.1, 0.15) is 51.3 Å². The lowest BCUT2D eigenvalue weighted by atomic mass is 9.92. The van der Waals surface area contributed by atoms with Gasteiger partial charge in [0.05, 0.1) is 12.6 Å². The van der Waals surface area contributed by atoms with Crippen LogP contribution in [0.15, 0.2) is 18.2 Å². The maximum absolute atomic E-state index is 12.5. The van der Waals surface area contributed by atoms with E-state index < -0.39 is 11.8 Å². The smallest absolute Gasteiger partial charge is 0.311 e. The van der Waals surface area contributed by atoms with E-state index in [1.807, 2.05) is 39.0 Å². The summed E-state index contributed by atoms with van der Waals surface area (Å²) in [5.74, 6) is 0.626. The van der Waals surface area contributed by atoms with Crippen molar-refractivity contribution in [3.8, 4) is 5.75 Å². The Morgan fingerprint density at radius 3 is 2.52 bits per heavy atom. The molecule has 0 bridgehead atoms. The van der Waals surface area contributed by atoms with Crippen molar-refractivity contribution < 1.29 is 14.3 Å². The van der Waals surface area contributed by atoms with Gasteiger partial charge in [-0.1, -0.05) is 31.5 Å². The summed E-state index contributed by atoms with van der Waals surface area (Å²) in [6.07, 6.45) is 1.10. The van der Waals surface area contributed by atoms with Crippen LogP contribution in [0.25, 0.3) is 0 Å². The molecule has 0 aromatic heterocycles. The Kier molecular flexibility index (Phi) is 6.45. The van der Waals surface area contributed by atoms with Gasteiger partial charge in [-0.25, -0.2) is 0 Å². The first-order valence-electron chi connectivity index (χ1n) is 9.14. The summed E-state index contributed by atoms with van der Waals surface area (Å²) in [6.45, 7) is 11.9. The standard InChI is InChI=1S/C20H30N2O3/c1-6-25-18-8-7-13(2)10-17(18)16(5)21-19(23)20(24)22-11-14(3)9-15(4)12-22/h7-8,10,14-16H,6,9,11-12H2,1-5H3,(H,21,23). The van der Waals surface area contributed by atoms with Crippen LogP contribution in [0, 0.1) is 18.8 Å². The lowest BCUT2D eigenvalue weighted by Crippen LogP contribution is -2.49. The van der Waals surface area contributed by atoms with Gasteiger partial charge in [0.15, 0.2) is 0 Å². The number of rotatable bonds is 4. The molecule has 0 spiro atoms. The summed E-state index contributed by atoms with van der Waals surface area (Å²) < 4.78 is 5.65. The van der Waals surface area contributed by atoms with Crippen molar-refractivity contribution in [2.75, 3.05) is 19.7 Å². The molecule has 2 rings (SSSR count). The molecule has 25 heavy (non-hydrogen) atoms. The molecule has 0 radical (unpaired) electrons. The second-order valence-electron chi connectivity index (χ2n) is 7.33. The van der Waals surface area contributed by atoms with Crippen LogP contribution in [0.3, 0.4) is 0 Å². The monoisotopic (exact) mass is 346 g/mol. The van der Waals surface area contributed by atoms with Gasteiger partial charge in [-0.05, 0) is 45.1 Å². The number of benzene rings is 1. The number of hydrogen-bond acceptors (Lipinski definition) is 3. The quantitative estimate of drug-likeness (QED) is 0.853. The number of nitrogens with zero attached hydrogens (tertiary/aromatic N) is 1. The third kappa shape index (κ3) is 4.97. The summed E-state index contributed by atoms with van der Waals surface area (Å²) in [5, 5.41) is 2.84. The van der Waals surface area contributed by atoms with Gasteiger partial charge in [-0.15, -0.1) is 0 Å². The first-order chi connectivity index (χ1) is 11.8. The molecular formula is C20H30N2O3. The number of hydrogen-bond donors (Lipinski definition) is 1. The van der Waals surface area contributed by atoms with Gasteiger partial charge >= 0.3 is 11.8 Å². The summed E-state index contributed by atoms with van der Waals surface area (Å²) in [7, 11) is 0. The fraction of sp³-hybridized carbons (Fsp3) is 0.600. The highest BCUT2D eigenvalue weighted by Crippen LogP contribution is 2.27. The molecule has 1 aromatic rings. The molecule has 5 heteroatoms. The zero-order valence-corrected chi connectivity index (χ0v) is 16.0. The van der Waals surface area contributed by atoms with Crippen LogP contribution >= 0.6 is 0 Å². The van der Waals surface area contributed by atoms with Crippen LogP contribution in [-0.2, 0) is 9.59 Å². The minimum absolute atomic E-state index is 0.294. The molecule has 0 aliphatic carbocycles. The fourth-order valence-electron chi connectivity index (χ4n) is 3.60. The van der Waals surface area contributed by atoms with E-state index in [2.05, 4.69) is 19.2 Å². The second kappa shape index (κ2) is 8.37. The van der Waals surface area contributed by atoms with Crippen molar-refractivity contribution in [2.45, 2.75) is 47.1 Å². The number of likely N-dealkylation sites (tertiary alicyclic amines) is 1. The molecule has 1 heterocycles. The zero-order chi connectivity index (χ0) is 18.6. The SMILES string of the molecule is CCOc1ccc(C)cc1C(C)NC(=O)C(=O)N1CC(C)CC(C)C1. The molecule has 2 amide bonds. The van der Waals surface area contributed by atoms with Crippen LogP contribution in [-0.4, -0.2) is 36.4 Å².